The van der Waals surface area contributed by atoms with Gasteiger partial charge in [-0.2, -0.15) is 0 Å². The molecule has 1 saturated carbocycles. The van der Waals surface area contributed by atoms with Crippen molar-refractivity contribution in [2.24, 2.45) is 5.41 Å². The second kappa shape index (κ2) is 6.97. The van der Waals surface area contributed by atoms with E-state index in [1.54, 1.807) is 0 Å². The Balaban J connectivity index is 1.69. The van der Waals surface area contributed by atoms with Crippen molar-refractivity contribution >= 4 is 0 Å². The molecule has 2 atom stereocenters. The van der Waals surface area contributed by atoms with E-state index >= 15 is 0 Å². The van der Waals surface area contributed by atoms with Crippen LogP contribution in [0.5, 0.6) is 0 Å². The number of piperidine rings is 1. The van der Waals surface area contributed by atoms with Gasteiger partial charge < -0.3 is 10.4 Å². The van der Waals surface area contributed by atoms with Gasteiger partial charge in [0.05, 0.1) is 6.10 Å². The van der Waals surface area contributed by atoms with Gasteiger partial charge in [-0.15, -0.1) is 0 Å². The largest absolute Gasteiger partial charge is 0.393 e. The molecule has 3 fully saturated rings. The van der Waals surface area contributed by atoms with E-state index in [1.807, 2.05) is 0 Å². The molecule has 2 heterocycles. The molecule has 0 aromatic rings. The molecule has 3 heteroatoms. The number of rotatable bonds is 5. The third kappa shape index (κ3) is 3.62. The van der Waals surface area contributed by atoms with Crippen LogP contribution >= 0.6 is 0 Å². The lowest BCUT2D eigenvalue weighted by molar-refractivity contribution is 0.00557. The quantitative estimate of drug-likeness (QED) is 0.765. The van der Waals surface area contributed by atoms with Gasteiger partial charge in [0, 0.05) is 25.2 Å². The standard InChI is InChI=1S/C18H34N2O/c1-2-19-13-18(9-5-3-4-6-10-18)14-20-15-7-8-16(20)12-17(21)11-15/h15-17,19,21H,2-14H2,1H3. The Morgan fingerprint density at radius 1 is 1.05 bits per heavy atom. The minimum atomic E-state index is -0.0300. The Bertz CT molecular complexity index is 311. The number of hydrogen-bond donors (Lipinski definition) is 2. The minimum absolute atomic E-state index is 0.0300. The zero-order chi connectivity index (χ0) is 14.7. The topological polar surface area (TPSA) is 35.5 Å². The molecule has 3 aliphatic rings. The highest BCUT2D eigenvalue weighted by molar-refractivity contribution is 4.99. The van der Waals surface area contributed by atoms with Crippen LogP contribution in [-0.4, -0.2) is 47.8 Å². The summed E-state index contributed by atoms with van der Waals surface area (Å²) in [5.74, 6) is 0. The summed E-state index contributed by atoms with van der Waals surface area (Å²) in [6, 6.07) is 1.33. The summed E-state index contributed by atoms with van der Waals surface area (Å²) in [5.41, 5.74) is 0.496. The van der Waals surface area contributed by atoms with Crippen LogP contribution in [0, 0.1) is 5.41 Å². The van der Waals surface area contributed by atoms with E-state index in [-0.39, 0.29) is 6.10 Å². The first-order valence-electron chi connectivity index (χ1n) is 9.37. The van der Waals surface area contributed by atoms with Crippen molar-refractivity contribution in [1.82, 2.24) is 10.2 Å². The summed E-state index contributed by atoms with van der Waals surface area (Å²) < 4.78 is 0. The van der Waals surface area contributed by atoms with Crippen LogP contribution in [0.15, 0.2) is 0 Å². The van der Waals surface area contributed by atoms with Crippen molar-refractivity contribution < 1.29 is 5.11 Å². The Kier molecular flexibility index (Phi) is 5.23. The van der Waals surface area contributed by atoms with Gasteiger partial charge in [0.25, 0.3) is 0 Å². The lowest BCUT2D eigenvalue weighted by atomic mass is 9.78. The second-order valence-corrected chi connectivity index (χ2v) is 7.88. The molecule has 2 unspecified atom stereocenters. The summed E-state index contributed by atoms with van der Waals surface area (Å²) in [7, 11) is 0. The molecule has 1 aliphatic carbocycles. The van der Waals surface area contributed by atoms with Crippen LogP contribution in [0.4, 0.5) is 0 Å². The predicted octanol–water partition coefficient (Wildman–Crippen LogP) is 2.92. The first kappa shape index (κ1) is 15.8. The third-order valence-electron chi connectivity index (χ3n) is 6.29. The maximum atomic E-state index is 10.0. The number of nitrogens with one attached hydrogen (secondary N) is 1. The van der Waals surface area contributed by atoms with Gasteiger partial charge in [0.2, 0.25) is 0 Å². The Morgan fingerprint density at radius 3 is 2.24 bits per heavy atom. The van der Waals surface area contributed by atoms with Gasteiger partial charge in [0.15, 0.2) is 0 Å². The molecule has 2 N–H and O–H groups in total. The van der Waals surface area contributed by atoms with Crippen molar-refractivity contribution in [3.05, 3.63) is 0 Å². The van der Waals surface area contributed by atoms with Gasteiger partial charge in [0.1, 0.15) is 0 Å². The fraction of sp³-hybridized carbons (Fsp3) is 1.00. The molecule has 0 aromatic heterocycles. The fourth-order valence-electron chi connectivity index (χ4n) is 5.15. The monoisotopic (exact) mass is 294 g/mol. The highest BCUT2D eigenvalue weighted by atomic mass is 16.3. The summed E-state index contributed by atoms with van der Waals surface area (Å²) >= 11 is 0. The normalized spacial score (nSPS) is 36.6. The maximum Gasteiger partial charge on any atom is 0.0570 e. The molecule has 0 radical (unpaired) electrons. The zero-order valence-corrected chi connectivity index (χ0v) is 13.8. The summed E-state index contributed by atoms with van der Waals surface area (Å²) in [6.07, 6.45) is 13.1. The van der Waals surface area contributed by atoms with E-state index in [9.17, 15) is 5.11 Å². The Labute approximate surface area is 130 Å². The van der Waals surface area contributed by atoms with E-state index in [0.717, 1.165) is 19.4 Å². The number of aliphatic hydroxyl groups is 1. The summed E-state index contributed by atoms with van der Waals surface area (Å²) in [5, 5.41) is 13.7. The molecule has 21 heavy (non-hydrogen) atoms. The van der Waals surface area contributed by atoms with E-state index < -0.39 is 0 Å². The minimum Gasteiger partial charge on any atom is -0.393 e. The first-order valence-corrected chi connectivity index (χ1v) is 9.37. The molecule has 2 bridgehead atoms. The van der Waals surface area contributed by atoms with Gasteiger partial charge >= 0.3 is 0 Å². The molecular formula is C18H34N2O. The first-order chi connectivity index (χ1) is 10.2. The maximum absolute atomic E-state index is 10.0. The van der Waals surface area contributed by atoms with E-state index in [4.69, 9.17) is 0 Å². The highest BCUT2D eigenvalue weighted by Crippen LogP contribution is 2.42. The Morgan fingerprint density at radius 2 is 1.67 bits per heavy atom. The Hall–Kier alpha value is -0.120. The van der Waals surface area contributed by atoms with Crippen molar-refractivity contribution in [1.29, 1.82) is 0 Å². The van der Waals surface area contributed by atoms with Crippen LogP contribution in [-0.2, 0) is 0 Å². The van der Waals surface area contributed by atoms with E-state index in [0.29, 0.717) is 17.5 Å². The van der Waals surface area contributed by atoms with Crippen molar-refractivity contribution in [3.8, 4) is 0 Å². The smallest absolute Gasteiger partial charge is 0.0570 e. The molecule has 0 aromatic carbocycles. The van der Waals surface area contributed by atoms with Crippen LogP contribution < -0.4 is 5.32 Å². The van der Waals surface area contributed by atoms with Crippen LogP contribution in [0.2, 0.25) is 0 Å². The molecule has 3 rings (SSSR count). The molecule has 2 aliphatic heterocycles. The number of fused-ring (bicyclic) bond motifs is 2. The van der Waals surface area contributed by atoms with E-state index in [2.05, 4.69) is 17.1 Å². The van der Waals surface area contributed by atoms with Crippen molar-refractivity contribution in [2.75, 3.05) is 19.6 Å². The number of hydrogen-bond acceptors (Lipinski definition) is 3. The molecule has 2 saturated heterocycles. The molecule has 122 valence electrons. The van der Waals surface area contributed by atoms with Gasteiger partial charge in [-0.25, -0.2) is 0 Å². The number of aliphatic hydroxyl groups excluding tert-OH is 1. The van der Waals surface area contributed by atoms with Crippen molar-refractivity contribution in [2.45, 2.75) is 89.3 Å². The van der Waals surface area contributed by atoms with Crippen LogP contribution in [0.3, 0.4) is 0 Å². The average Bonchev–Trinajstić information content (AvgIpc) is 2.68. The molecular weight excluding hydrogens is 260 g/mol. The molecule has 0 amide bonds. The summed E-state index contributed by atoms with van der Waals surface area (Å²) in [6.45, 7) is 5.79. The molecule has 3 nitrogen and oxygen atoms in total. The van der Waals surface area contributed by atoms with Crippen LogP contribution in [0.1, 0.15) is 71.1 Å². The average molecular weight is 294 g/mol. The van der Waals surface area contributed by atoms with Crippen LogP contribution in [0.25, 0.3) is 0 Å². The fourth-order valence-corrected chi connectivity index (χ4v) is 5.15. The zero-order valence-electron chi connectivity index (χ0n) is 13.8. The van der Waals surface area contributed by atoms with Gasteiger partial charge in [-0.1, -0.05) is 32.6 Å². The second-order valence-electron chi connectivity index (χ2n) is 7.88. The van der Waals surface area contributed by atoms with Gasteiger partial charge in [-0.05, 0) is 50.5 Å². The highest BCUT2D eigenvalue weighted by Gasteiger charge is 2.44. The lowest BCUT2D eigenvalue weighted by Gasteiger charge is -2.44. The lowest BCUT2D eigenvalue weighted by Crippen LogP contribution is -2.52. The third-order valence-corrected chi connectivity index (χ3v) is 6.29. The predicted molar refractivity (Wildman–Crippen MR) is 87.4 cm³/mol. The molecule has 0 spiro atoms. The van der Waals surface area contributed by atoms with Crippen molar-refractivity contribution in [3.63, 3.8) is 0 Å². The van der Waals surface area contributed by atoms with E-state index in [1.165, 1.54) is 64.5 Å². The SMILES string of the molecule is CCNCC1(CN2C3CCC2CC(O)C3)CCCCCC1. The summed E-state index contributed by atoms with van der Waals surface area (Å²) in [4.78, 5) is 2.80. The number of nitrogens with zero attached hydrogens (tertiary/aromatic N) is 1. The van der Waals surface area contributed by atoms with Gasteiger partial charge in [-0.3, -0.25) is 4.90 Å².